The van der Waals surface area contributed by atoms with E-state index in [0.717, 1.165) is 12.0 Å². The number of rotatable bonds is 3. The van der Waals surface area contributed by atoms with Gasteiger partial charge < -0.3 is 14.9 Å². The third-order valence-electron chi connectivity index (χ3n) is 2.28. The van der Waals surface area contributed by atoms with Crippen LogP contribution in [0.5, 0.6) is 5.75 Å². The van der Waals surface area contributed by atoms with Gasteiger partial charge in [-0.15, -0.1) is 0 Å². The first-order chi connectivity index (χ1) is 7.51. The molecule has 1 unspecified atom stereocenters. The first-order valence-electron chi connectivity index (χ1n) is 4.78. The zero-order valence-corrected chi connectivity index (χ0v) is 10.6. The first kappa shape index (κ1) is 13.0. The van der Waals surface area contributed by atoms with E-state index in [-0.39, 0.29) is 11.3 Å². The van der Waals surface area contributed by atoms with Crippen molar-refractivity contribution in [1.82, 2.24) is 0 Å². The number of hydrogen-bond donors (Lipinski definition) is 2. The molecular weight excluding hydrogens is 276 g/mol. The molecule has 4 nitrogen and oxygen atoms in total. The molecule has 0 saturated heterocycles. The Kier molecular flexibility index (Phi) is 4.32. The maximum absolute atomic E-state index is 11.2. The van der Waals surface area contributed by atoms with Gasteiger partial charge in [0.25, 0.3) is 0 Å². The summed E-state index contributed by atoms with van der Waals surface area (Å²) in [5.41, 5.74) is 1.06. The van der Waals surface area contributed by atoms with Gasteiger partial charge in [-0.25, -0.2) is 4.79 Å². The molecule has 0 bridgehead atoms. The summed E-state index contributed by atoms with van der Waals surface area (Å²) in [5, 5.41) is 19.4. The van der Waals surface area contributed by atoms with E-state index in [2.05, 4.69) is 20.7 Å². The Morgan fingerprint density at radius 1 is 1.56 bits per heavy atom. The molecule has 0 aliphatic heterocycles. The molecule has 0 fully saturated rings. The lowest BCUT2D eigenvalue weighted by Crippen LogP contribution is -2.14. The number of hydrogen-bond acceptors (Lipinski definition) is 4. The van der Waals surface area contributed by atoms with Crippen molar-refractivity contribution in [3.05, 3.63) is 27.7 Å². The third kappa shape index (κ3) is 2.54. The zero-order chi connectivity index (χ0) is 12.3. The number of carbonyl (C=O) groups excluding carboxylic acids is 1. The number of phenolic OH excluding ortho intramolecular Hbond substituents is 1. The predicted molar refractivity (Wildman–Crippen MR) is 62.2 cm³/mol. The number of carbonyl (C=O) groups is 1. The van der Waals surface area contributed by atoms with Crippen LogP contribution in [0.1, 0.15) is 24.2 Å². The largest absolute Gasteiger partial charge is 0.506 e. The highest BCUT2D eigenvalue weighted by Crippen LogP contribution is 2.34. The highest BCUT2D eigenvalue weighted by molar-refractivity contribution is 9.10. The second-order valence-corrected chi connectivity index (χ2v) is 4.15. The molecule has 1 aromatic carbocycles. The van der Waals surface area contributed by atoms with Gasteiger partial charge in [-0.2, -0.15) is 0 Å². The van der Waals surface area contributed by atoms with Crippen LogP contribution in [0.15, 0.2) is 16.6 Å². The Labute approximate surface area is 102 Å². The van der Waals surface area contributed by atoms with Gasteiger partial charge in [0.1, 0.15) is 5.75 Å². The molecule has 0 aliphatic carbocycles. The number of benzene rings is 1. The Morgan fingerprint density at radius 2 is 2.19 bits per heavy atom. The van der Waals surface area contributed by atoms with Crippen LogP contribution < -0.4 is 0 Å². The fraction of sp³-hybridized carbons (Fsp3) is 0.364. The minimum Gasteiger partial charge on any atom is -0.506 e. The molecular formula is C11H13BrO4. The molecule has 1 aromatic rings. The molecule has 0 spiro atoms. The molecule has 0 saturated carbocycles. The van der Waals surface area contributed by atoms with E-state index in [4.69, 9.17) is 0 Å². The van der Waals surface area contributed by atoms with Crippen LogP contribution in [0, 0.1) is 0 Å². The highest BCUT2D eigenvalue weighted by atomic mass is 79.9. The van der Waals surface area contributed by atoms with Gasteiger partial charge in [0.2, 0.25) is 0 Å². The summed E-state index contributed by atoms with van der Waals surface area (Å²) in [4.78, 5) is 11.2. The lowest BCUT2D eigenvalue weighted by atomic mass is 10.0. The van der Waals surface area contributed by atoms with Crippen molar-refractivity contribution in [2.45, 2.75) is 19.4 Å². The lowest BCUT2D eigenvalue weighted by Gasteiger charge is -2.13. The molecule has 0 aromatic heterocycles. The third-order valence-corrected chi connectivity index (χ3v) is 2.88. The van der Waals surface area contributed by atoms with E-state index in [1.54, 1.807) is 12.1 Å². The number of aromatic hydroxyl groups is 1. The number of esters is 1. The summed E-state index contributed by atoms with van der Waals surface area (Å²) < 4.78 is 4.87. The second kappa shape index (κ2) is 5.32. The molecule has 16 heavy (non-hydrogen) atoms. The Hall–Kier alpha value is -1.07. The monoisotopic (exact) mass is 288 g/mol. The normalized spacial score (nSPS) is 12.2. The topological polar surface area (TPSA) is 66.8 Å². The van der Waals surface area contributed by atoms with Crippen LogP contribution in [0.3, 0.4) is 0 Å². The van der Waals surface area contributed by atoms with Crippen molar-refractivity contribution in [3.63, 3.8) is 0 Å². The van der Waals surface area contributed by atoms with E-state index < -0.39 is 12.1 Å². The molecule has 1 atom stereocenters. The van der Waals surface area contributed by atoms with Gasteiger partial charge in [0.05, 0.1) is 11.6 Å². The standard InChI is InChI=1S/C11H13BrO4/c1-3-6-4-7(9(13)8(12)5-6)10(14)11(15)16-2/h4-5,10,13-14H,3H2,1-2H3. The average Bonchev–Trinajstić information content (AvgIpc) is 2.30. The Balaban J connectivity index is 3.21. The number of aliphatic hydroxyl groups is 1. The number of ether oxygens (including phenoxy) is 1. The van der Waals surface area contributed by atoms with Crippen molar-refractivity contribution in [2.75, 3.05) is 7.11 Å². The smallest absolute Gasteiger partial charge is 0.339 e. The highest BCUT2D eigenvalue weighted by Gasteiger charge is 2.23. The fourth-order valence-electron chi connectivity index (χ4n) is 1.33. The zero-order valence-electron chi connectivity index (χ0n) is 9.03. The average molecular weight is 289 g/mol. The molecule has 0 heterocycles. The second-order valence-electron chi connectivity index (χ2n) is 3.29. The molecule has 0 radical (unpaired) electrons. The molecule has 1 rings (SSSR count). The van der Waals surface area contributed by atoms with Gasteiger partial charge in [0.15, 0.2) is 6.10 Å². The van der Waals surface area contributed by atoms with Gasteiger partial charge in [-0.05, 0) is 40.0 Å². The van der Waals surface area contributed by atoms with E-state index in [1.807, 2.05) is 6.92 Å². The summed E-state index contributed by atoms with van der Waals surface area (Å²) >= 11 is 3.16. The maximum Gasteiger partial charge on any atom is 0.339 e. The van der Waals surface area contributed by atoms with E-state index in [1.165, 1.54) is 7.11 Å². The number of methoxy groups -OCH3 is 1. The van der Waals surface area contributed by atoms with E-state index in [0.29, 0.717) is 4.47 Å². The quantitative estimate of drug-likeness (QED) is 0.834. The Bertz CT molecular complexity index is 403. The summed E-state index contributed by atoms with van der Waals surface area (Å²) in [6.07, 6.45) is -0.729. The van der Waals surface area contributed by atoms with Crippen molar-refractivity contribution < 1.29 is 19.7 Å². The molecule has 88 valence electrons. The number of aryl methyl sites for hydroxylation is 1. The number of aliphatic hydroxyl groups excluding tert-OH is 1. The van der Waals surface area contributed by atoms with Crippen LogP contribution in [0.25, 0.3) is 0 Å². The lowest BCUT2D eigenvalue weighted by molar-refractivity contribution is -0.150. The summed E-state index contributed by atoms with van der Waals surface area (Å²) in [6, 6.07) is 3.32. The minimum absolute atomic E-state index is 0.143. The summed E-state index contributed by atoms with van der Waals surface area (Å²) in [7, 11) is 1.18. The number of phenols is 1. The van der Waals surface area contributed by atoms with Crippen molar-refractivity contribution in [1.29, 1.82) is 0 Å². The van der Waals surface area contributed by atoms with Crippen LogP contribution in [-0.2, 0) is 16.0 Å². The molecule has 0 amide bonds. The summed E-state index contributed by atoms with van der Waals surface area (Å²) in [6.45, 7) is 1.94. The van der Waals surface area contributed by atoms with Gasteiger partial charge in [0, 0.05) is 5.56 Å². The number of halogens is 1. The van der Waals surface area contributed by atoms with Crippen molar-refractivity contribution in [2.24, 2.45) is 0 Å². The van der Waals surface area contributed by atoms with E-state index >= 15 is 0 Å². The van der Waals surface area contributed by atoms with Gasteiger partial charge >= 0.3 is 5.97 Å². The van der Waals surface area contributed by atoms with Gasteiger partial charge in [-0.1, -0.05) is 6.92 Å². The fourth-order valence-corrected chi connectivity index (χ4v) is 1.85. The summed E-state index contributed by atoms with van der Waals surface area (Å²) in [5.74, 6) is -0.939. The SMILES string of the molecule is CCc1cc(Br)c(O)c(C(O)C(=O)OC)c1. The Morgan fingerprint density at radius 3 is 2.69 bits per heavy atom. The van der Waals surface area contributed by atoms with Crippen LogP contribution in [0.4, 0.5) is 0 Å². The van der Waals surface area contributed by atoms with Crippen molar-refractivity contribution in [3.8, 4) is 5.75 Å². The van der Waals surface area contributed by atoms with Crippen LogP contribution >= 0.6 is 15.9 Å². The van der Waals surface area contributed by atoms with Gasteiger partial charge in [-0.3, -0.25) is 0 Å². The van der Waals surface area contributed by atoms with Crippen LogP contribution in [0.2, 0.25) is 0 Å². The molecule has 2 N–H and O–H groups in total. The first-order valence-corrected chi connectivity index (χ1v) is 5.57. The maximum atomic E-state index is 11.2. The molecule has 5 heteroatoms. The van der Waals surface area contributed by atoms with E-state index in [9.17, 15) is 15.0 Å². The minimum atomic E-state index is -1.47. The van der Waals surface area contributed by atoms with Crippen molar-refractivity contribution >= 4 is 21.9 Å². The predicted octanol–water partition coefficient (Wildman–Crippen LogP) is 1.92. The molecule has 0 aliphatic rings. The van der Waals surface area contributed by atoms with Crippen LogP contribution in [-0.4, -0.2) is 23.3 Å².